The number of nitrogens with zero attached hydrogens (tertiary/aromatic N) is 2. The SMILES string of the molecule is NC(N)=Nc1cc(Cl)ccc1OCC(=O)NC1CC2CCC(C1)N2Cc1ccc(Cl)cc1. The van der Waals surface area contributed by atoms with E-state index in [1.165, 1.54) is 5.56 Å². The maximum Gasteiger partial charge on any atom is 0.258 e. The standard InChI is InChI=1S/C23H27Cl2N5O2/c24-15-3-1-14(2-4-15)12-30-18-6-7-19(30)11-17(10-18)28-22(31)13-32-21-8-5-16(25)9-20(21)29-23(26)27/h1-5,8-9,17-19H,6-7,10-13H2,(H,28,31)(H4,26,27,29). The van der Waals surface area contributed by atoms with Gasteiger partial charge in [-0.25, -0.2) is 4.99 Å². The summed E-state index contributed by atoms with van der Waals surface area (Å²) in [6.07, 6.45) is 4.20. The summed E-state index contributed by atoms with van der Waals surface area (Å²) in [4.78, 5) is 19.1. The summed E-state index contributed by atoms with van der Waals surface area (Å²) < 4.78 is 5.67. The molecule has 2 unspecified atom stereocenters. The van der Waals surface area contributed by atoms with Crippen molar-refractivity contribution in [2.45, 2.75) is 50.4 Å². The average molecular weight is 476 g/mol. The summed E-state index contributed by atoms with van der Waals surface area (Å²) in [5.74, 6) is 0.129. The molecular weight excluding hydrogens is 449 g/mol. The number of piperidine rings is 1. The molecule has 2 aromatic carbocycles. The number of ether oxygens (including phenoxy) is 1. The van der Waals surface area contributed by atoms with Crippen molar-refractivity contribution in [3.8, 4) is 5.75 Å². The van der Waals surface area contributed by atoms with Crippen LogP contribution < -0.4 is 21.5 Å². The molecule has 2 aliphatic rings. The molecule has 0 spiro atoms. The number of nitrogens with two attached hydrogens (primary N) is 2. The van der Waals surface area contributed by atoms with E-state index in [2.05, 4.69) is 27.3 Å². The Labute approximate surface area is 197 Å². The van der Waals surface area contributed by atoms with Gasteiger partial charge in [-0.15, -0.1) is 0 Å². The first-order valence-electron chi connectivity index (χ1n) is 10.7. The lowest BCUT2D eigenvalue weighted by Crippen LogP contribution is -2.50. The van der Waals surface area contributed by atoms with Gasteiger partial charge in [0.25, 0.3) is 5.91 Å². The van der Waals surface area contributed by atoms with Gasteiger partial charge in [0.1, 0.15) is 11.4 Å². The number of benzene rings is 2. The summed E-state index contributed by atoms with van der Waals surface area (Å²) in [5, 5.41) is 4.36. The lowest BCUT2D eigenvalue weighted by atomic mass is 9.96. The Hall–Kier alpha value is -2.48. The number of rotatable bonds is 7. The van der Waals surface area contributed by atoms with E-state index in [1.54, 1.807) is 18.2 Å². The fraction of sp³-hybridized carbons (Fsp3) is 0.391. The predicted octanol–water partition coefficient (Wildman–Crippen LogP) is 3.59. The van der Waals surface area contributed by atoms with Gasteiger partial charge in [-0.1, -0.05) is 35.3 Å². The van der Waals surface area contributed by atoms with Crippen LogP contribution in [0.5, 0.6) is 5.75 Å². The van der Waals surface area contributed by atoms with E-state index >= 15 is 0 Å². The minimum absolute atomic E-state index is 0.109. The van der Waals surface area contributed by atoms with Crippen molar-refractivity contribution in [1.29, 1.82) is 0 Å². The predicted molar refractivity (Wildman–Crippen MR) is 127 cm³/mol. The van der Waals surface area contributed by atoms with Gasteiger partial charge in [0, 0.05) is 34.7 Å². The third kappa shape index (κ3) is 5.65. The Morgan fingerprint density at radius 1 is 1.06 bits per heavy atom. The molecule has 0 aliphatic carbocycles. The number of aliphatic imine (C=N–C) groups is 1. The number of hydrogen-bond donors (Lipinski definition) is 3. The molecule has 2 aromatic rings. The van der Waals surface area contributed by atoms with Crippen LogP contribution in [0.1, 0.15) is 31.2 Å². The van der Waals surface area contributed by atoms with Crippen molar-refractivity contribution in [2.75, 3.05) is 6.61 Å². The molecule has 2 heterocycles. The number of nitrogens with one attached hydrogen (secondary N) is 1. The summed E-state index contributed by atoms with van der Waals surface area (Å²) in [5.41, 5.74) is 12.6. The van der Waals surface area contributed by atoms with Gasteiger partial charge >= 0.3 is 0 Å². The minimum atomic E-state index is -0.161. The van der Waals surface area contributed by atoms with Gasteiger partial charge in [-0.2, -0.15) is 0 Å². The van der Waals surface area contributed by atoms with Crippen molar-refractivity contribution in [2.24, 2.45) is 16.5 Å². The molecule has 0 aromatic heterocycles. The molecule has 0 radical (unpaired) electrons. The van der Waals surface area contributed by atoms with E-state index in [9.17, 15) is 4.79 Å². The highest BCUT2D eigenvalue weighted by Crippen LogP contribution is 2.37. The fourth-order valence-corrected chi connectivity index (χ4v) is 4.99. The number of carbonyl (C=O) groups excluding carboxylic acids is 1. The third-order valence-corrected chi connectivity index (χ3v) is 6.54. The van der Waals surface area contributed by atoms with Crippen LogP contribution in [-0.2, 0) is 11.3 Å². The lowest BCUT2D eigenvalue weighted by molar-refractivity contribution is -0.124. The third-order valence-electron chi connectivity index (χ3n) is 6.06. The van der Waals surface area contributed by atoms with Gasteiger partial charge in [-0.3, -0.25) is 9.69 Å². The van der Waals surface area contributed by atoms with Crippen LogP contribution in [0.3, 0.4) is 0 Å². The van der Waals surface area contributed by atoms with Crippen molar-refractivity contribution in [3.63, 3.8) is 0 Å². The van der Waals surface area contributed by atoms with E-state index < -0.39 is 0 Å². The number of carbonyl (C=O) groups is 1. The Balaban J connectivity index is 1.30. The van der Waals surface area contributed by atoms with E-state index in [1.807, 2.05) is 12.1 Å². The zero-order valence-electron chi connectivity index (χ0n) is 17.6. The molecule has 4 rings (SSSR count). The van der Waals surface area contributed by atoms with Crippen molar-refractivity contribution < 1.29 is 9.53 Å². The van der Waals surface area contributed by atoms with Crippen LogP contribution in [-0.4, -0.2) is 41.5 Å². The Morgan fingerprint density at radius 2 is 1.72 bits per heavy atom. The summed E-state index contributed by atoms with van der Waals surface area (Å²) in [6.45, 7) is 0.801. The Kier molecular flexibility index (Phi) is 7.08. The first kappa shape index (κ1) is 22.7. The summed E-state index contributed by atoms with van der Waals surface area (Å²) in [7, 11) is 0. The van der Waals surface area contributed by atoms with E-state index in [-0.39, 0.29) is 24.5 Å². The highest BCUT2D eigenvalue weighted by molar-refractivity contribution is 6.31. The number of amides is 1. The quantitative estimate of drug-likeness (QED) is 0.419. The lowest BCUT2D eigenvalue weighted by Gasteiger charge is -2.39. The summed E-state index contributed by atoms with van der Waals surface area (Å²) in [6, 6.07) is 14.0. The molecule has 5 N–H and O–H groups in total. The van der Waals surface area contributed by atoms with Crippen LogP contribution in [0.15, 0.2) is 47.5 Å². The van der Waals surface area contributed by atoms with Crippen molar-refractivity contribution in [3.05, 3.63) is 58.1 Å². The number of halogens is 2. The maximum atomic E-state index is 12.5. The highest BCUT2D eigenvalue weighted by Gasteiger charge is 2.40. The molecule has 2 atom stereocenters. The van der Waals surface area contributed by atoms with Gasteiger partial charge in [0.05, 0.1) is 0 Å². The van der Waals surface area contributed by atoms with Crippen LogP contribution in [0.4, 0.5) is 5.69 Å². The molecule has 1 amide bonds. The number of fused-ring (bicyclic) bond motifs is 2. The first-order chi connectivity index (χ1) is 15.4. The largest absolute Gasteiger partial charge is 0.482 e. The van der Waals surface area contributed by atoms with Crippen LogP contribution >= 0.6 is 23.2 Å². The smallest absolute Gasteiger partial charge is 0.258 e. The molecule has 2 saturated heterocycles. The highest BCUT2D eigenvalue weighted by atomic mass is 35.5. The summed E-state index contributed by atoms with van der Waals surface area (Å²) >= 11 is 12.0. The zero-order valence-corrected chi connectivity index (χ0v) is 19.1. The molecule has 0 saturated carbocycles. The van der Waals surface area contributed by atoms with Crippen LogP contribution in [0, 0.1) is 0 Å². The molecule has 7 nitrogen and oxygen atoms in total. The maximum absolute atomic E-state index is 12.5. The number of guanidine groups is 1. The molecular formula is C23H27Cl2N5O2. The second kappa shape index (κ2) is 9.98. The van der Waals surface area contributed by atoms with Gasteiger partial charge in [-0.05, 0) is 61.6 Å². The average Bonchev–Trinajstić information content (AvgIpc) is 2.96. The van der Waals surface area contributed by atoms with Gasteiger partial charge in [0.15, 0.2) is 12.6 Å². The molecule has 2 bridgehead atoms. The second-order valence-corrected chi connectivity index (χ2v) is 9.23. The first-order valence-corrected chi connectivity index (χ1v) is 11.4. The van der Waals surface area contributed by atoms with Crippen LogP contribution in [0.2, 0.25) is 10.0 Å². The number of hydrogen-bond acceptors (Lipinski definition) is 4. The monoisotopic (exact) mass is 475 g/mol. The van der Waals surface area contributed by atoms with Gasteiger partial charge < -0.3 is 21.5 Å². The zero-order chi connectivity index (χ0) is 22.7. The van der Waals surface area contributed by atoms with E-state index in [0.29, 0.717) is 28.5 Å². The molecule has 2 fully saturated rings. The van der Waals surface area contributed by atoms with Crippen molar-refractivity contribution in [1.82, 2.24) is 10.2 Å². The van der Waals surface area contributed by atoms with Crippen molar-refractivity contribution >= 4 is 40.8 Å². The molecule has 9 heteroatoms. The molecule has 2 aliphatic heterocycles. The van der Waals surface area contributed by atoms with E-state index in [4.69, 9.17) is 39.4 Å². The van der Waals surface area contributed by atoms with Gasteiger partial charge in [0.2, 0.25) is 0 Å². The van der Waals surface area contributed by atoms with Crippen LogP contribution in [0.25, 0.3) is 0 Å². The fourth-order valence-electron chi connectivity index (χ4n) is 4.70. The normalized spacial score (nSPS) is 22.4. The van der Waals surface area contributed by atoms with E-state index in [0.717, 1.165) is 37.3 Å². The Morgan fingerprint density at radius 3 is 2.38 bits per heavy atom. The molecule has 170 valence electrons. The molecule has 32 heavy (non-hydrogen) atoms. The minimum Gasteiger partial charge on any atom is -0.482 e. The topological polar surface area (TPSA) is 106 Å². The Bertz CT molecular complexity index is 980. The second-order valence-electron chi connectivity index (χ2n) is 8.36.